The van der Waals surface area contributed by atoms with E-state index in [9.17, 15) is 4.79 Å². The van der Waals surface area contributed by atoms with Gasteiger partial charge in [-0.05, 0) is 12.5 Å². The van der Waals surface area contributed by atoms with Crippen LogP contribution in [0.25, 0.3) is 0 Å². The Kier molecular flexibility index (Phi) is 17.7. The Hall–Kier alpha value is -2.24. The fourth-order valence-corrected chi connectivity index (χ4v) is 4.04. The number of carbonyl (C=O) groups is 1. The minimum atomic E-state index is -0.0645. The zero-order chi connectivity index (χ0) is 24.9. The van der Waals surface area contributed by atoms with Gasteiger partial charge in [-0.25, -0.2) is 5.43 Å². The van der Waals surface area contributed by atoms with Gasteiger partial charge in [0.25, 0.3) is 0 Å². The molecule has 0 aromatic heterocycles. The minimum absolute atomic E-state index is 0.0645. The van der Waals surface area contributed by atoms with Crippen molar-refractivity contribution in [1.82, 2.24) is 5.43 Å². The van der Waals surface area contributed by atoms with Crippen LogP contribution in [0.1, 0.15) is 115 Å². The van der Waals surface area contributed by atoms with Crippen molar-refractivity contribution < 1.29 is 19.0 Å². The third-order valence-electron chi connectivity index (χ3n) is 6.14. The summed E-state index contributed by atoms with van der Waals surface area (Å²) in [6.07, 6.45) is 21.8. The lowest BCUT2D eigenvalue weighted by Gasteiger charge is -2.11. The summed E-state index contributed by atoms with van der Waals surface area (Å²) < 4.78 is 16.0. The van der Waals surface area contributed by atoms with Crippen molar-refractivity contribution in [2.75, 3.05) is 21.3 Å². The van der Waals surface area contributed by atoms with Gasteiger partial charge in [0.05, 0.1) is 27.5 Å². The van der Waals surface area contributed by atoms with Crippen molar-refractivity contribution in [2.24, 2.45) is 5.10 Å². The highest BCUT2D eigenvalue weighted by Gasteiger charge is 2.10. The van der Waals surface area contributed by atoms with Crippen molar-refractivity contribution in [3.63, 3.8) is 0 Å². The molecule has 0 heterocycles. The number of hydrazone groups is 1. The molecule has 0 atom stereocenters. The molecular weight excluding hydrogens is 428 g/mol. The van der Waals surface area contributed by atoms with E-state index < -0.39 is 0 Å². The van der Waals surface area contributed by atoms with Crippen LogP contribution in [0.2, 0.25) is 0 Å². The van der Waals surface area contributed by atoms with Gasteiger partial charge >= 0.3 is 0 Å². The van der Waals surface area contributed by atoms with E-state index in [-0.39, 0.29) is 5.91 Å². The Bertz CT molecular complexity index is 691. The Morgan fingerprint density at radius 2 is 1.15 bits per heavy atom. The molecule has 194 valence electrons. The van der Waals surface area contributed by atoms with Crippen LogP contribution in [0.15, 0.2) is 17.2 Å². The first-order valence-corrected chi connectivity index (χ1v) is 13.3. The standard InChI is InChI=1S/C28H48N2O4/c1-5-6-7-8-9-10-11-12-13-14-15-16-17-18-19-20-28(31)30-29-23-24-21-26(33-3)27(34-4)22-25(24)32-2/h21-23H,5-20H2,1-4H3,(H,30,31)/b29-23-. The highest BCUT2D eigenvalue weighted by Crippen LogP contribution is 2.33. The molecule has 6 nitrogen and oxygen atoms in total. The Labute approximate surface area is 207 Å². The van der Waals surface area contributed by atoms with Crippen molar-refractivity contribution in [3.8, 4) is 17.2 Å². The molecule has 6 heteroatoms. The van der Waals surface area contributed by atoms with E-state index in [1.807, 2.05) is 0 Å². The fraction of sp³-hybridized carbons (Fsp3) is 0.714. The maximum Gasteiger partial charge on any atom is 0.240 e. The predicted molar refractivity (Wildman–Crippen MR) is 141 cm³/mol. The second kappa shape index (κ2) is 20.2. The van der Waals surface area contributed by atoms with E-state index >= 15 is 0 Å². The minimum Gasteiger partial charge on any atom is -0.496 e. The molecule has 0 spiro atoms. The number of unbranched alkanes of at least 4 members (excludes halogenated alkanes) is 14. The monoisotopic (exact) mass is 476 g/mol. The van der Waals surface area contributed by atoms with Crippen LogP contribution in [0, 0.1) is 0 Å². The molecule has 0 aliphatic rings. The summed E-state index contributed by atoms with van der Waals surface area (Å²) in [6, 6.07) is 3.50. The lowest BCUT2D eigenvalue weighted by atomic mass is 10.0. The van der Waals surface area contributed by atoms with Gasteiger partial charge in [-0.1, -0.05) is 96.8 Å². The van der Waals surface area contributed by atoms with E-state index in [4.69, 9.17) is 14.2 Å². The molecule has 1 aromatic rings. The Morgan fingerprint density at radius 3 is 1.62 bits per heavy atom. The summed E-state index contributed by atoms with van der Waals surface area (Å²) in [4.78, 5) is 12.0. The van der Waals surface area contributed by atoms with Gasteiger partial charge in [-0.2, -0.15) is 5.10 Å². The number of hydrogen-bond acceptors (Lipinski definition) is 5. The van der Waals surface area contributed by atoms with Crippen molar-refractivity contribution in [2.45, 2.75) is 110 Å². The second-order valence-electron chi connectivity index (χ2n) is 8.94. The summed E-state index contributed by atoms with van der Waals surface area (Å²) in [5.74, 6) is 1.69. The molecule has 0 saturated heterocycles. The number of nitrogens with zero attached hydrogens (tertiary/aromatic N) is 1. The lowest BCUT2D eigenvalue weighted by molar-refractivity contribution is -0.121. The molecule has 0 aliphatic heterocycles. The van der Waals surface area contributed by atoms with Crippen LogP contribution in [-0.4, -0.2) is 33.5 Å². The van der Waals surface area contributed by atoms with E-state index in [2.05, 4.69) is 17.5 Å². The molecular formula is C28H48N2O4. The third kappa shape index (κ3) is 13.5. The number of nitrogens with one attached hydrogen (secondary N) is 1. The summed E-state index contributed by atoms with van der Waals surface area (Å²) in [7, 11) is 4.72. The van der Waals surface area contributed by atoms with Crippen LogP contribution < -0.4 is 19.6 Å². The second-order valence-corrected chi connectivity index (χ2v) is 8.94. The molecule has 0 unspecified atom stereocenters. The summed E-state index contributed by atoms with van der Waals surface area (Å²) in [5.41, 5.74) is 3.30. The maximum atomic E-state index is 12.0. The summed E-state index contributed by atoms with van der Waals surface area (Å²) in [6.45, 7) is 2.27. The SMILES string of the molecule is CCCCCCCCCCCCCCCCCC(=O)N/N=C\c1cc(OC)c(OC)cc1OC. The first-order chi connectivity index (χ1) is 16.7. The maximum absolute atomic E-state index is 12.0. The fourth-order valence-electron chi connectivity index (χ4n) is 4.04. The zero-order valence-electron chi connectivity index (χ0n) is 22.1. The predicted octanol–water partition coefficient (Wildman–Crippen LogP) is 7.42. The lowest BCUT2D eigenvalue weighted by Crippen LogP contribution is -2.17. The van der Waals surface area contributed by atoms with Crippen LogP contribution in [-0.2, 0) is 4.79 Å². The number of amides is 1. The van der Waals surface area contributed by atoms with Gasteiger partial charge in [0.15, 0.2) is 11.5 Å². The van der Waals surface area contributed by atoms with Crippen molar-refractivity contribution >= 4 is 12.1 Å². The highest BCUT2D eigenvalue weighted by atomic mass is 16.5. The molecule has 1 N–H and O–H groups in total. The smallest absolute Gasteiger partial charge is 0.240 e. The normalized spacial score (nSPS) is 11.1. The molecule has 1 amide bonds. The van der Waals surface area contributed by atoms with Gasteiger partial charge in [0, 0.05) is 18.1 Å². The van der Waals surface area contributed by atoms with Gasteiger partial charge in [-0.15, -0.1) is 0 Å². The zero-order valence-corrected chi connectivity index (χ0v) is 22.1. The summed E-state index contributed by atoms with van der Waals surface area (Å²) in [5, 5.41) is 4.07. The molecule has 1 rings (SSSR count). The Morgan fingerprint density at radius 1 is 0.706 bits per heavy atom. The largest absolute Gasteiger partial charge is 0.496 e. The first-order valence-electron chi connectivity index (χ1n) is 13.3. The average molecular weight is 477 g/mol. The van der Waals surface area contributed by atoms with E-state index in [0.29, 0.717) is 29.2 Å². The van der Waals surface area contributed by atoms with E-state index in [1.54, 1.807) is 39.7 Å². The molecule has 0 saturated carbocycles. The molecule has 0 aliphatic carbocycles. The number of ether oxygens (including phenoxy) is 3. The molecule has 34 heavy (non-hydrogen) atoms. The van der Waals surface area contributed by atoms with Gasteiger partial charge in [0.1, 0.15) is 5.75 Å². The molecule has 0 radical (unpaired) electrons. The number of rotatable bonds is 21. The van der Waals surface area contributed by atoms with Crippen LogP contribution in [0.5, 0.6) is 17.2 Å². The third-order valence-corrected chi connectivity index (χ3v) is 6.14. The van der Waals surface area contributed by atoms with E-state index in [1.165, 1.54) is 83.5 Å². The average Bonchev–Trinajstić information content (AvgIpc) is 2.85. The molecule has 0 fully saturated rings. The van der Waals surface area contributed by atoms with Crippen molar-refractivity contribution in [1.29, 1.82) is 0 Å². The Balaban J connectivity index is 2.07. The van der Waals surface area contributed by atoms with Gasteiger partial charge < -0.3 is 14.2 Å². The number of methoxy groups -OCH3 is 3. The van der Waals surface area contributed by atoms with Crippen molar-refractivity contribution in [3.05, 3.63) is 17.7 Å². The van der Waals surface area contributed by atoms with Crippen LogP contribution in [0.4, 0.5) is 0 Å². The number of benzene rings is 1. The number of carbonyl (C=O) groups excluding carboxylic acids is 1. The first kappa shape index (κ1) is 29.8. The van der Waals surface area contributed by atoms with Crippen LogP contribution >= 0.6 is 0 Å². The summed E-state index contributed by atoms with van der Waals surface area (Å²) >= 11 is 0. The molecule has 0 bridgehead atoms. The highest BCUT2D eigenvalue weighted by molar-refractivity contribution is 5.86. The molecule has 1 aromatic carbocycles. The van der Waals surface area contributed by atoms with E-state index in [0.717, 1.165) is 12.8 Å². The van der Waals surface area contributed by atoms with Gasteiger partial charge in [0.2, 0.25) is 5.91 Å². The van der Waals surface area contributed by atoms with Gasteiger partial charge in [-0.3, -0.25) is 4.79 Å². The topological polar surface area (TPSA) is 69.2 Å². The van der Waals surface area contributed by atoms with Crippen LogP contribution in [0.3, 0.4) is 0 Å². The quantitative estimate of drug-likeness (QED) is 0.114. The number of hydrogen-bond donors (Lipinski definition) is 1.